The summed E-state index contributed by atoms with van der Waals surface area (Å²) < 4.78 is 31.1. The lowest BCUT2D eigenvalue weighted by molar-refractivity contribution is 0.251. The van der Waals surface area contributed by atoms with Crippen LogP contribution in [0.2, 0.25) is 0 Å². The second-order valence-electron chi connectivity index (χ2n) is 7.13. The Bertz CT molecular complexity index is 1000. The lowest BCUT2D eigenvalue weighted by atomic mass is 10.1. The third kappa shape index (κ3) is 3.89. The molecular formula is C20H19F2N5O2. The topological polar surface area (TPSA) is 106 Å². The standard InChI is InChI=1S/C20H19F2N5O2/c21-10-20(11-22)8-15(20)16-7-18(27-29-16)26-19(28)25-14-4-1-12(2-5-14)13-3-6-17(23)24-9-13/h1-7,9,15H,8,10-11H2,(H2,23,24)(H2,25,26,27,28). The Balaban J connectivity index is 1.35. The third-order valence-corrected chi connectivity index (χ3v) is 5.10. The van der Waals surface area contributed by atoms with Gasteiger partial charge in [0.25, 0.3) is 0 Å². The van der Waals surface area contributed by atoms with Gasteiger partial charge in [0.15, 0.2) is 5.82 Å². The van der Waals surface area contributed by atoms with Crippen molar-refractivity contribution in [3.05, 3.63) is 54.4 Å². The molecule has 1 saturated carbocycles. The van der Waals surface area contributed by atoms with E-state index in [2.05, 4.69) is 20.8 Å². The summed E-state index contributed by atoms with van der Waals surface area (Å²) >= 11 is 0. The fourth-order valence-corrected chi connectivity index (χ4v) is 3.19. The Hall–Kier alpha value is -3.49. The van der Waals surface area contributed by atoms with Crippen molar-refractivity contribution in [2.75, 3.05) is 29.7 Å². The van der Waals surface area contributed by atoms with Crippen molar-refractivity contribution < 1.29 is 18.1 Å². The number of carbonyl (C=O) groups is 1. The number of hydrogen-bond acceptors (Lipinski definition) is 5. The minimum atomic E-state index is -0.999. The van der Waals surface area contributed by atoms with Gasteiger partial charge < -0.3 is 15.6 Å². The number of benzene rings is 1. The highest BCUT2D eigenvalue weighted by Crippen LogP contribution is 2.60. The molecule has 0 spiro atoms. The molecule has 7 nitrogen and oxygen atoms in total. The Labute approximate surface area is 165 Å². The van der Waals surface area contributed by atoms with Crippen LogP contribution in [0.25, 0.3) is 11.1 Å². The average Bonchev–Trinajstić information content (AvgIpc) is 3.30. The summed E-state index contributed by atoms with van der Waals surface area (Å²) in [4.78, 5) is 16.2. The number of nitrogens with one attached hydrogen (secondary N) is 2. The van der Waals surface area contributed by atoms with Gasteiger partial charge in [-0.2, -0.15) is 0 Å². The highest BCUT2D eigenvalue weighted by molar-refractivity contribution is 5.99. The minimum Gasteiger partial charge on any atom is -0.384 e. The van der Waals surface area contributed by atoms with Crippen LogP contribution in [0.4, 0.5) is 30.9 Å². The van der Waals surface area contributed by atoms with Crippen LogP contribution in [0, 0.1) is 5.41 Å². The number of pyridine rings is 1. The quantitative estimate of drug-likeness (QED) is 0.570. The van der Waals surface area contributed by atoms with E-state index in [1.807, 2.05) is 18.2 Å². The van der Waals surface area contributed by atoms with Crippen LogP contribution in [0.3, 0.4) is 0 Å². The van der Waals surface area contributed by atoms with Crippen molar-refractivity contribution in [2.45, 2.75) is 12.3 Å². The van der Waals surface area contributed by atoms with E-state index in [1.165, 1.54) is 6.07 Å². The number of aromatic nitrogens is 2. The number of rotatable bonds is 6. The lowest BCUT2D eigenvalue weighted by Gasteiger charge is -2.07. The van der Waals surface area contributed by atoms with Crippen molar-refractivity contribution in [2.24, 2.45) is 5.41 Å². The first-order valence-electron chi connectivity index (χ1n) is 9.01. The first kappa shape index (κ1) is 18.9. The summed E-state index contributed by atoms with van der Waals surface area (Å²) in [6.07, 6.45) is 2.05. The van der Waals surface area contributed by atoms with Crippen molar-refractivity contribution in [1.29, 1.82) is 0 Å². The van der Waals surface area contributed by atoms with Crippen molar-refractivity contribution in [1.82, 2.24) is 10.1 Å². The summed E-state index contributed by atoms with van der Waals surface area (Å²) in [6.45, 7) is -1.50. The van der Waals surface area contributed by atoms with E-state index in [1.54, 1.807) is 24.4 Å². The molecule has 0 saturated heterocycles. The molecule has 4 N–H and O–H groups in total. The number of halogens is 2. The van der Waals surface area contributed by atoms with Crippen LogP contribution in [0.5, 0.6) is 0 Å². The maximum atomic E-state index is 13.0. The Morgan fingerprint density at radius 2 is 1.86 bits per heavy atom. The Kier molecular flexibility index (Phi) is 4.87. The lowest BCUT2D eigenvalue weighted by Crippen LogP contribution is -2.19. The predicted molar refractivity (Wildman–Crippen MR) is 105 cm³/mol. The number of carbonyl (C=O) groups excluding carboxylic acids is 1. The van der Waals surface area contributed by atoms with Crippen LogP contribution in [0.1, 0.15) is 18.1 Å². The molecule has 1 aliphatic rings. The Morgan fingerprint density at radius 1 is 1.14 bits per heavy atom. The van der Waals surface area contributed by atoms with Gasteiger partial charge in [0.05, 0.1) is 13.3 Å². The van der Waals surface area contributed by atoms with E-state index in [4.69, 9.17) is 10.3 Å². The molecule has 1 atom stereocenters. The number of nitrogens with zero attached hydrogens (tertiary/aromatic N) is 2. The summed E-state index contributed by atoms with van der Waals surface area (Å²) in [5, 5.41) is 8.97. The second kappa shape index (κ2) is 7.50. The smallest absolute Gasteiger partial charge is 0.324 e. The van der Waals surface area contributed by atoms with Gasteiger partial charge in [0.2, 0.25) is 0 Å². The molecule has 2 aromatic heterocycles. The molecule has 2 heterocycles. The molecule has 1 aliphatic carbocycles. The fraction of sp³-hybridized carbons (Fsp3) is 0.250. The van der Waals surface area contributed by atoms with Crippen LogP contribution in [0.15, 0.2) is 53.2 Å². The number of amides is 2. The zero-order chi connectivity index (χ0) is 20.4. The molecule has 4 rings (SSSR count). The molecule has 150 valence electrons. The number of hydrogen-bond donors (Lipinski definition) is 3. The second-order valence-corrected chi connectivity index (χ2v) is 7.13. The van der Waals surface area contributed by atoms with E-state index >= 15 is 0 Å². The van der Waals surface area contributed by atoms with E-state index in [0.29, 0.717) is 23.7 Å². The molecule has 0 bridgehead atoms. The summed E-state index contributed by atoms with van der Waals surface area (Å²) in [7, 11) is 0. The van der Waals surface area contributed by atoms with Gasteiger partial charge in [-0.1, -0.05) is 17.3 Å². The monoisotopic (exact) mass is 399 g/mol. The normalized spacial score (nSPS) is 17.0. The van der Waals surface area contributed by atoms with Crippen molar-refractivity contribution in [3.8, 4) is 11.1 Å². The van der Waals surface area contributed by atoms with E-state index < -0.39 is 24.8 Å². The molecule has 1 fully saturated rings. The van der Waals surface area contributed by atoms with Crippen LogP contribution < -0.4 is 16.4 Å². The molecule has 0 radical (unpaired) electrons. The Morgan fingerprint density at radius 3 is 2.48 bits per heavy atom. The summed E-state index contributed by atoms with van der Waals surface area (Å²) in [5.41, 5.74) is 7.00. The van der Waals surface area contributed by atoms with Gasteiger partial charge in [0, 0.05) is 34.8 Å². The maximum absolute atomic E-state index is 13.0. The van der Waals surface area contributed by atoms with Gasteiger partial charge in [0.1, 0.15) is 11.6 Å². The first-order valence-corrected chi connectivity index (χ1v) is 9.01. The average molecular weight is 399 g/mol. The third-order valence-electron chi connectivity index (χ3n) is 5.10. The number of alkyl halides is 2. The molecule has 3 aromatic rings. The fourth-order valence-electron chi connectivity index (χ4n) is 3.19. The van der Waals surface area contributed by atoms with Gasteiger partial charge in [-0.3, -0.25) is 14.1 Å². The SMILES string of the molecule is Nc1ccc(-c2ccc(NC(=O)Nc3cc(C4CC4(CF)CF)on3)cc2)cn1. The molecule has 9 heteroatoms. The van der Waals surface area contributed by atoms with Gasteiger partial charge in [-0.25, -0.2) is 9.78 Å². The molecule has 29 heavy (non-hydrogen) atoms. The number of nitrogen functional groups attached to an aromatic ring is 1. The van der Waals surface area contributed by atoms with Crippen LogP contribution >= 0.6 is 0 Å². The molecule has 0 aliphatic heterocycles. The molecule has 2 amide bonds. The summed E-state index contributed by atoms with van der Waals surface area (Å²) in [5.74, 6) is 0.651. The molecule has 1 aromatic carbocycles. The minimum absolute atomic E-state index is 0.181. The van der Waals surface area contributed by atoms with Crippen molar-refractivity contribution >= 4 is 23.4 Å². The maximum Gasteiger partial charge on any atom is 0.324 e. The van der Waals surface area contributed by atoms with Gasteiger partial charge >= 0.3 is 6.03 Å². The predicted octanol–water partition coefficient (Wildman–Crippen LogP) is 4.38. The first-order chi connectivity index (χ1) is 14.0. The zero-order valence-electron chi connectivity index (χ0n) is 15.4. The summed E-state index contributed by atoms with van der Waals surface area (Å²) in [6, 6.07) is 11.8. The molecular weight excluding hydrogens is 380 g/mol. The van der Waals surface area contributed by atoms with E-state index in [9.17, 15) is 13.6 Å². The van der Waals surface area contributed by atoms with Crippen LogP contribution in [-0.4, -0.2) is 29.5 Å². The van der Waals surface area contributed by atoms with E-state index in [-0.39, 0.29) is 11.7 Å². The van der Waals surface area contributed by atoms with Crippen LogP contribution in [-0.2, 0) is 0 Å². The van der Waals surface area contributed by atoms with Crippen molar-refractivity contribution in [3.63, 3.8) is 0 Å². The van der Waals surface area contributed by atoms with Gasteiger partial charge in [-0.05, 0) is 36.2 Å². The largest absolute Gasteiger partial charge is 0.384 e. The zero-order valence-corrected chi connectivity index (χ0v) is 15.4. The van der Waals surface area contributed by atoms with E-state index in [0.717, 1.165) is 11.1 Å². The highest BCUT2D eigenvalue weighted by atomic mass is 19.1. The highest BCUT2D eigenvalue weighted by Gasteiger charge is 2.57. The number of anilines is 3. The molecule has 1 unspecified atom stereocenters. The van der Waals surface area contributed by atoms with Gasteiger partial charge in [-0.15, -0.1) is 0 Å². The number of urea groups is 1. The number of nitrogens with two attached hydrogens (primary N) is 1.